The quantitative estimate of drug-likeness (QED) is 0.360. The smallest absolute Gasteiger partial charge is 0.258 e. The largest absolute Gasteiger partial charge is 0.295 e. The molecular formula is C13H13ClN2O2S. The van der Waals surface area contributed by atoms with Crippen LogP contribution in [0.3, 0.4) is 0 Å². The molecule has 4 nitrogen and oxygen atoms in total. The van der Waals surface area contributed by atoms with Gasteiger partial charge in [-0.25, -0.2) is 4.98 Å². The first-order valence-corrected chi connectivity index (χ1v) is 7.36. The number of non-ortho nitro benzene ring substituents is 1. The first-order valence-electron chi connectivity index (χ1n) is 5.84. The van der Waals surface area contributed by atoms with Crippen LogP contribution >= 0.6 is 23.4 Å². The van der Waals surface area contributed by atoms with Crippen molar-refractivity contribution in [1.82, 2.24) is 4.98 Å². The van der Waals surface area contributed by atoms with Crippen molar-refractivity contribution in [3.05, 3.63) is 40.6 Å². The summed E-state index contributed by atoms with van der Waals surface area (Å²) < 4.78 is 0. The third kappa shape index (κ3) is 3.16. The summed E-state index contributed by atoms with van der Waals surface area (Å²) in [6.45, 7) is 2.08. The lowest BCUT2D eigenvalue weighted by molar-refractivity contribution is -0.383. The monoisotopic (exact) mass is 296 g/mol. The Morgan fingerprint density at radius 2 is 2.26 bits per heavy atom. The predicted molar refractivity (Wildman–Crippen MR) is 79.0 cm³/mol. The van der Waals surface area contributed by atoms with E-state index in [4.69, 9.17) is 11.6 Å². The SMILES string of the molecule is CC(CCl)CSc1ccnc2c([N+](=O)[O-])cccc12. The minimum absolute atomic E-state index is 0.0466. The predicted octanol–water partition coefficient (Wildman–Crippen LogP) is 4.11. The lowest BCUT2D eigenvalue weighted by atomic mass is 10.2. The molecule has 0 saturated heterocycles. The number of hydrogen-bond acceptors (Lipinski definition) is 4. The van der Waals surface area contributed by atoms with Crippen molar-refractivity contribution >= 4 is 40.0 Å². The van der Waals surface area contributed by atoms with E-state index in [9.17, 15) is 10.1 Å². The van der Waals surface area contributed by atoms with E-state index in [1.807, 2.05) is 12.1 Å². The number of halogens is 1. The molecule has 0 saturated carbocycles. The number of nitrogens with zero attached hydrogens (tertiary/aromatic N) is 2. The van der Waals surface area contributed by atoms with E-state index < -0.39 is 4.92 Å². The second kappa shape index (κ2) is 6.21. The van der Waals surface area contributed by atoms with Crippen LogP contribution in [0.1, 0.15) is 6.92 Å². The molecule has 100 valence electrons. The molecule has 1 unspecified atom stereocenters. The molecule has 0 bridgehead atoms. The minimum Gasteiger partial charge on any atom is -0.258 e. The maximum Gasteiger partial charge on any atom is 0.295 e. The van der Waals surface area contributed by atoms with Crippen molar-refractivity contribution in [3.63, 3.8) is 0 Å². The minimum atomic E-state index is -0.398. The van der Waals surface area contributed by atoms with E-state index in [2.05, 4.69) is 11.9 Å². The summed E-state index contributed by atoms with van der Waals surface area (Å²) in [7, 11) is 0. The van der Waals surface area contributed by atoms with Crippen molar-refractivity contribution < 1.29 is 4.92 Å². The van der Waals surface area contributed by atoms with Crippen LogP contribution in [0.4, 0.5) is 5.69 Å². The van der Waals surface area contributed by atoms with Crippen LogP contribution in [0.5, 0.6) is 0 Å². The lowest BCUT2D eigenvalue weighted by Crippen LogP contribution is -1.99. The Bertz CT molecular complexity index is 606. The molecule has 0 aliphatic heterocycles. The molecule has 0 fully saturated rings. The second-order valence-corrected chi connectivity index (χ2v) is 5.68. The number of hydrogen-bond donors (Lipinski definition) is 0. The molecule has 0 amide bonds. The zero-order chi connectivity index (χ0) is 13.8. The zero-order valence-electron chi connectivity index (χ0n) is 10.4. The average molecular weight is 297 g/mol. The molecule has 6 heteroatoms. The van der Waals surface area contributed by atoms with Crippen LogP contribution in [-0.4, -0.2) is 21.5 Å². The highest BCUT2D eigenvalue weighted by molar-refractivity contribution is 7.99. The highest BCUT2D eigenvalue weighted by Crippen LogP contribution is 2.32. The number of rotatable bonds is 5. The first kappa shape index (κ1) is 14.1. The Hall–Kier alpha value is -1.33. The summed E-state index contributed by atoms with van der Waals surface area (Å²) in [4.78, 5) is 15.7. The summed E-state index contributed by atoms with van der Waals surface area (Å²) in [5, 5.41) is 11.8. The van der Waals surface area contributed by atoms with Crippen molar-refractivity contribution in [2.24, 2.45) is 5.92 Å². The molecule has 0 aliphatic carbocycles. The van der Waals surface area contributed by atoms with Gasteiger partial charge < -0.3 is 0 Å². The van der Waals surface area contributed by atoms with Crippen LogP contribution in [0.2, 0.25) is 0 Å². The van der Waals surface area contributed by atoms with Gasteiger partial charge in [0, 0.05) is 34.2 Å². The molecule has 0 aliphatic rings. The highest BCUT2D eigenvalue weighted by Gasteiger charge is 2.14. The molecule has 1 aromatic carbocycles. The molecule has 2 aromatic rings. The summed E-state index contributed by atoms with van der Waals surface area (Å²) >= 11 is 7.44. The van der Waals surface area contributed by atoms with Gasteiger partial charge >= 0.3 is 0 Å². The molecular weight excluding hydrogens is 284 g/mol. The third-order valence-corrected chi connectivity index (χ3v) is 4.62. The number of alkyl halides is 1. The molecule has 0 radical (unpaired) electrons. The number of aromatic nitrogens is 1. The third-order valence-electron chi connectivity index (χ3n) is 2.69. The number of benzene rings is 1. The van der Waals surface area contributed by atoms with Crippen LogP contribution in [0, 0.1) is 16.0 Å². The maximum absolute atomic E-state index is 11.0. The normalized spacial score (nSPS) is 12.5. The fourth-order valence-corrected chi connectivity index (χ4v) is 2.98. The van der Waals surface area contributed by atoms with Gasteiger partial charge in [0.2, 0.25) is 0 Å². The Morgan fingerprint density at radius 1 is 1.47 bits per heavy atom. The topological polar surface area (TPSA) is 56.0 Å². The van der Waals surface area contributed by atoms with Crippen LogP contribution in [0.25, 0.3) is 10.9 Å². The highest BCUT2D eigenvalue weighted by atomic mass is 35.5. The number of para-hydroxylation sites is 1. The number of nitro benzene ring substituents is 1. The molecule has 19 heavy (non-hydrogen) atoms. The van der Waals surface area contributed by atoms with Gasteiger partial charge in [0.15, 0.2) is 0 Å². The van der Waals surface area contributed by atoms with Crippen molar-refractivity contribution in [2.45, 2.75) is 11.8 Å². The van der Waals surface area contributed by atoms with Gasteiger partial charge in [-0.2, -0.15) is 0 Å². The van der Waals surface area contributed by atoms with Crippen LogP contribution < -0.4 is 0 Å². The molecule has 2 rings (SSSR count). The van der Waals surface area contributed by atoms with Gasteiger partial charge in [-0.15, -0.1) is 23.4 Å². The van der Waals surface area contributed by atoms with Crippen molar-refractivity contribution in [2.75, 3.05) is 11.6 Å². The molecule has 1 heterocycles. The number of nitro groups is 1. The number of fused-ring (bicyclic) bond motifs is 1. The Labute approximate surface area is 120 Å². The summed E-state index contributed by atoms with van der Waals surface area (Å²) in [5.74, 6) is 1.88. The Balaban J connectivity index is 2.40. The molecule has 0 spiro atoms. The molecule has 1 atom stereocenters. The van der Waals surface area contributed by atoms with Crippen molar-refractivity contribution in [3.8, 4) is 0 Å². The maximum atomic E-state index is 11.0. The van der Waals surface area contributed by atoms with Gasteiger partial charge in [0.25, 0.3) is 5.69 Å². The standard InChI is InChI=1S/C13H13ClN2O2S/c1-9(7-14)8-19-12-5-6-15-13-10(12)3-2-4-11(13)16(17)18/h2-6,9H,7-8H2,1H3. The van der Waals surface area contributed by atoms with E-state index >= 15 is 0 Å². The molecule has 0 N–H and O–H groups in total. The van der Waals surface area contributed by atoms with Gasteiger partial charge in [-0.3, -0.25) is 10.1 Å². The Kier molecular flexibility index (Phi) is 4.61. The molecule has 1 aromatic heterocycles. The summed E-state index contributed by atoms with van der Waals surface area (Å²) in [6.07, 6.45) is 1.61. The lowest BCUT2D eigenvalue weighted by Gasteiger charge is -2.09. The van der Waals surface area contributed by atoms with E-state index in [0.29, 0.717) is 17.3 Å². The summed E-state index contributed by atoms with van der Waals surface area (Å²) in [6, 6.07) is 6.92. The number of pyridine rings is 1. The summed E-state index contributed by atoms with van der Waals surface area (Å²) in [5.41, 5.74) is 0.487. The van der Waals surface area contributed by atoms with E-state index in [1.54, 1.807) is 24.0 Å². The fraction of sp³-hybridized carbons (Fsp3) is 0.308. The average Bonchev–Trinajstić information content (AvgIpc) is 2.43. The van der Waals surface area contributed by atoms with Gasteiger partial charge in [-0.1, -0.05) is 19.1 Å². The van der Waals surface area contributed by atoms with Crippen molar-refractivity contribution in [1.29, 1.82) is 0 Å². The fourth-order valence-electron chi connectivity index (χ4n) is 1.68. The zero-order valence-corrected chi connectivity index (χ0v) is 11.9. The number of thioether (sulfide) groups is 1. The van der Waals surface area contributed by atoms with E-state index in [-0.39, 0.29) is 5.69 Å². The Morgan fingerprint density at radius 3 is 2.95 bits per heavy atom. The van der Waals surface area contributed by atoms with E-state index in [1.165, 1.54) is 6.07 Å². The second-order valence-electron chi connectivity index (χ2n) is 4.31. The van der Waals surface area contributed by atoms with Gasteiger partial charge in [-0.05, 0) is 12.0 Å². The van der Waals surface area contributed by atoms with Gasteiger partial charge in [0.1, 0.15) is 5.52 Å². The van der Waals surface area contributed by atoms with Crippen LogP contribution in [0.15, 0.2) is 35.4 Å². The van der Waals surface area contributed by atoms with E-state index in [0.717, 1.165) is 16.0 Å². The van der Waals surface area contributed by atoms with Crippen LogP contribution in [-0.2, 0) is 0 Å². The van der Waals surface area contributed by atoms with Gasteiger partial charge in [0.05, 0.1) is 4.92 Å². The first-order chi connectivity index (χ1) is 9.13.